The number of hydrogen-bond acceptors (Lipinski definition) is 6. The summed E-state index contributed by atoms with van der Waals surface area (Å²) in [6.07, 6.45) is 0.651. The monoisotopic (exact) mass is 453 g/mol. The van der Waals surface area contributed by atoms with Crippen LogP contribution in [0.15, 0.2) is 47.4 Å². The van der Waals surface area contributed by atoms with Crippen LogP contribution in [0.4, 0.5) is 9.18 Å². The number of nitrogens with zero attached hydrogens (tertiary/aromatic N) is 1. The number of likely N-dealkylation sites (tertiary alicyclic amines) is 1. The zero-order valence-electron chi connectivity index (χ0n) is 17.4. The number of piperidine rings is 1. The molecule has 1 saturated heterocycles. The topological polar surface area (TPSA) is 72.9 Å². The van der Waals surface area contributed by atoms with Crippen molar-refractivity contribution in [2.24, 2.45) is 0 Å². The zero-order chi connectivity index (χ0) is 22.5. The van der Waals surface area contributed by atoms with Gasteiger partial charge in [-0.2, -0.15) is 0 Å². The standard InChI is InChI=1S/C24H20FNO5S/c1-14-3-2-4-16(11-14)30-23(29)26-9-7-24(8-10-26)13-32-22-20(28)19(27)17-6-5-15(25)12-18(17)21(22)31-24/h2-6,11-12H,7-10,13H2,1H3. The van der Waals surface area contributed by atoms with Gasteiger partial charge >= 0.3 is 6.09 Å². The van der Waals surface area contributed by atoms with E-state index in [1.54, 1.807) is 17.0 Å². The summed E-state index contributed by atoms with van der Waals surface area (Å²) in [4.78, 5) is 39.4. The lowest BCUT2D eigenvalue weighted by Crippen LogP contribution is -2.51. The summed E-state index contributed by atoms with van der Waals surface area (Å²) in [5, 5.41) is 0. The molecule has 0 atom stereocenters. The summed E-state index contributed by atoms with van der Waals surface area (Å²) in [6, 6.07) is 11.0. The van der Waals surface area contributed by atoms with E-state index in [-0.39, 0.29) is 16.2 Å². The molecule has 0 N–H and O–H groups in total. The molecule has 2 aliphatic heterocycles. The van der Waals surface area contributed by atoms with E-state index >= 15 is 0 Å². The van der Waals surface area contributed by atoms with Crippen molar-refractivity contribution in [2.75, 3.05) is 18.8 Å². The molecule has 3 aliphatic rings. The van der Waals surface area contributed by atoms with E-state index in [9.17, 15) is 18.8 Å². The second-order valence-electron chi connectivity index (χ2n) is 8.25. The van der Waals surface area contributed by atoms with Gasteiger partial charge in [-0.15, -0.1) is 11.8 Å². The highest BCUT2D eigenvalue weighted by Crippen LogP contribution is 2.47. The Labute approximate surface area is 188 Å². The van der Waals surface area contributed by atoms with Gasteiger partial charge in [-0.3, -0.25) is 9.59 Å². The van der Waals surface area contributed by atoms with Crippen LogP contribution in [0.25, 0.3) is 5.76 Å². The van der Waals surface area contributed by atoms with Crippen molar-refractivity contribution in [1.82, 2.24) is 4.90 Å². The first-order valence-corrected chi connectivity index (χ1v) is 11.3. The van der Waals surface area contributed by atoms with Gasteiger partial charge in [0, 0.05) is 42.8 Å². The summed E-state index contributed by atoms with van der Waals surface area (Å²) in [6.45, 7) is 2.78. The van der Waals surface area contributed by atoms with Gasteiger partial charge in [-0.25, -0.2) is 9.18 Å². The lowest BCUT2D eigenvalue weighted by atomic mass is 9.90. The molecule has 2 aromatic carbocycles. The molecule has 0 saturated carbocycles. The maximum absolute atomic E-state index is 13.9. The Balaban J connectivity index is 1.32. The highest BCUT2D eigenvalue weighted by atomic mass is 32.2. The van der Waals surface area contributed by atoms with Gasteiger partial charge in [0.15, 0.2) is 0 Å². The molecule has 8 heteroatoms. The summed E-state index contributed by atoms with van der Waals surface area (Å²) in [7, 11) is 0. The molecule has 0 bridgehead atoms. The van der Waals surface area contributed by atoms with E-state index in [4.69, 9.17) is 9.47 Å². The van der Waals surface area contributed by atoms with Crippen LogP contribution in [-0.2, 0) is 9.53 Å². The molecular weight excluding hydrogens is 433 g/mol. The molecule has 0 aromatic heterocycles. The Kier molecular flexibility index (Phi) is 5.04. The third-order valence-electron chi connectivity index (χ3n) is 6.02. The maximum Gasteiger partial charge on any atom is 0.415 e. The van der Waals surface area contributed by atoms with Crippen LogP contribution in [0.2, 0.25) is 0 Å². The smallest absolute Gasteiger partial charge is 0.415 e. The number of benzene rings is 2. The Morgan fingerprint density at radius 3 is 2.62 bits per heavy atom. The number of ether oxygens (including phenoxy) is 2. The molecule has 0 radical (unpaired) electrons. The zero-order valence-corrected chi connectivity index (χ0v) is 18.2. The first kappa shape index (κ1) is 20.8. The van der Waals surface area contributed by atoms with Crippen LogP contribution in [0, 0.1) is 12.7 Å². The summed E-state index contributed by atoms with van der Waals surface area (Å²) in [5.41, 5.74) is 0.875. The van der Waals surface area contributed by atoms with Gasteiger partial charge < -0.3 is 14.4 Å². The van der Waals surface area contributed by atoms with Crippen molar-refractivity contribution in [2.45, 2.75) is 25.4 Å². The minimum atomic E-state index is -0.639. The molecule has 2 heterocycles. The lowest BCUT2D eigenvalue weighted by molar-refractivity contribution is -0.111. The van der Waals surface area contributed by atoms with Crippen LogP contribution < -0.4 is 4.74 Å². The van der Waals surface area contributed by atoms with Crippen LogP contribution >= 0.6 is 11.8 Å². The minimum absolute atomic E-state index is 0.159. The van der Waals surface area contributed by atoms with Gasteiger partial charge in [0.1, 0.15) is 27.8 Å². The molecule has 1 aliphatic carbocycles. The van der Waals surface area contributed by atoms with E-state index in [1.807, 2.05) is 19.1 Å². The number of Topliss-reactive ketones (excluding diaryl/α,β-unsaturated/α-hetero) is 2. The van der Waals surface area contributed by atoms with E-state index in [1.165, 1.54) is 30.0 Å². The Morgan fingerprint density at radius 1 is 1.09 bits per heavy atom. The highest BCUT2D eigenvalue weighted by Gasteiger charge is 2.46. The van der Waals surface area contributed by atoms with Crippen LogP contribution in [0.3, 0.4) is 0 Å². The number of aryl methyl sites for hydroxylation is 1. The van der Waals surface area contributed by atoms with Gasteiger partial charge in [0.05, 0.1) is 0 Å². The summed E-state index contributed by atoms with van der Waals surface area (Å²) >= 11 is 1.27. The third kappa shape index (κ3) is 3.58. The molecule has 2 aromatic rings. The van der Waals surface area contributed by atoms with Crippen LogP contribution in [-0.4, -0.2) is 47.0 Å². The normalized spacial score (nSPS) is 19.4. The molecule has 6 nitrogen and oxygen atoms in total. The number of hydrogen-bond donors (Lipinski definition) is 0. The number of carbonyl (C=O) groups excluding carboxylic acids is 3. The summed E-state index contributed by atoms with van der Waals surface area (Å²) in [5.74, 6) is -0.497. The number of thioether (sulfide) groups is 1. The Bertz CT molecular complexity index is 1180. The highest BCUT2D eigenvalue weighted by molar-refractivity contribution is 8.04. The van der Waals surface area contributed by atoms with Gasteiger partial charge in [-0.1, -0.05) is 12.1 Å². The minimum Gasteiger partial charge on any atom is -0.484 e. The van der Waals surface area contributed by atoms with E-state index in [0.29, 0.717) is 43.0 Å². The molecule has 5 rings (SSSR count). The Morgan fingerprint density at radius 2 is 1.88 bits per heavy atom. The maximum atomic E-state index is 13.9. The lowest BCUT2D eigenvalue weighted by Gasteiger charge is -2.45. The molecular formula is C24H20FNO5S. The number of rotatable bonds is 1. The Hall–Kier alpha value is -3.13. The van der Waals surface area contributed by atoms with Crippen molar-refractivity contribution >= 4 is 35.2 Å². The van der Waals surface area contributed by atoms with Crippen molar-refractivity contribution in [3.63, 3.8) is 0 Å². The molecule has 1 amide bonds. The second-order valence-corrected chi connectivity index (χ2v) is 9.24. The molecule has 1 fully saturated rings. The average molecular weight is 453 g/mol. The number of halogens is 1. The third-order valence-corrected chi connectivity index (χ3v) is 7.35. The average Bonchev–Trinajstić information content (AvgIpc) is 2.78. The van der Waals surface area contributed by atoms with Gasteiger partial charge in [0.2, 0.25) is 11.6 Å². The summed E-state index contributed by atoms with van der Waals surface area (Å²) < 4.78 is 25.7. The molecule has 32 heavy (non-hydrogen) atoms. The first-order valence-electron chi connectivity index (χ1n) is 10.3. The van der Waals surface area contributed by atoms with E-state index < -0.39 is 29.1 Å². The fourth-order valence-corrected chi connectivity index (χ4v) is 5.48. The van der Waals surface area contributed by atoms with Crippen molar-refractivity contribution in [3.05, 3.63) is 69.9 Å². The van der Waals surface area contributed by atoms with E-state index in [2.05, 4.69) is 0 Å². The molecule has 0 unspecified atom stereocenters. The van der Waals surface area contributed by atoms with Gasteiger partial charge in [-0.05, 0) is 42.8 Å². The van der Waals surface area contributed by atoms with Gasteiger partial charge in [0.25, 0.3) is 0 Å². The number of amides is 1. The molecule has 1 spiro atoms. The second kappa shape index (κ2) is 7.78. The number of fused-ring (bicyclic) bond motifs is 2. The largest absolute Gasteiger partial charge is 0.484 e. The SMILES string of the molecule is Cc1cccc(OC(=O)N2CCC3(CC2)CSC2=C(O3)c3cc(F)ccc3C(=O)C2=O)c1. The fraction of sp³-hybridized carbons (Fsp3) is 0.292. The van der Waals surface area contributed by atoms with Crippen molar-refractivity contribution in [1.29, 1.82) is 0 Å². The quantitative estimate of drug-likeness (QED) is 0.598. The van der Waals surface area contributed by atoms with Crippen molar-refractivity contribution in [3.8, 4) is 5.75 Å². The number of allylic oxidation sites excluding steroid dienone is 1. The van der Waals surface area contributed by atoms with Crippen LogP contribution in [0.1, 0.15) is 34.3 Å². The fourth-order valence-electron chi connectivity index (χ4n) is 4.22. The van der Waals surface area contributed by atoms with Crippen LogP contribution in [0.5, 0.6) is 5.75 Å². The number of carbonyl (C=O) groups is 3. The van der Waals surface area contributed by atoms with E-state index in [0.717, 1.165) is 5.56 Å². The van der Waals surface area contributed by atoms with Crippen molar-refractivity contribution < 1.29 is 28.2 Å². The molecule has 164 valence electrons. The number of ketones is 2. The first-order chi connectivity index (χ1) is 15.3. The predicted octanol–water partition coefficient (Wildman–Crippen LogP) is 4.37. The predicted molar refractivity (Wildman–Crippen MR) is 117 cm³/mol.